The molecular formula is C24H31N3OSi. The monoisotopic (exact) mass is 405 g/mol. The molecule has 0 aliphatic carbocycles. The lowest BCUT2D eigenvalue weighted by atomic mass is 10.3. The first-order chi connectivity index (χ1) is 13.8. The molecule has 4 nitrogen and oxygen atoms in total. The normalized spacial score (nSPS) is 11.3. The van der Waals surface area contributed by atoms with Crippen LogP contribution in [0.3, 0.4) is 0 Å². The minimum absolute atomic E-state index is 0.994. The van der Waals surface area contributed by atoms with E-state index in [4.69, 9.17) is 0 Å². The third kappa shape index (κ3) is 3.76. The maximum atomic E-state index is 12.8. The molecule has 3 aromatic rings. The van der Waals surface area contributed by atoms with Crippen LogP contribution in [0.15, 0.2) is 72.8 Å². The van der Waals surface area contributed by atoms with Gasteiger partial charge in [0.2, 0.25) is 0 Å². The Morgan fingerprint density at radius 3 is 0.966 bits per heavy atom. The minimum Gasteiger partial charge on any atom is -0.421 e. The van der Waals surface area contributed by atoms with Crippen molar-refractivity contribution in [1.29, 1.82) is 0 Å². The Labute approximate surface area is 175 Å². The van der Waals surface area contributed by atoms with Crippen molar-refractivity contribution in [2.45, 2.75) is 0 Å². The van der Waals surface area contributed by atoms with Gasteiger partial charge >= 0.3 is 0 Å². The summed E-state index contributed by atoms with van der Waals surface area (Å²) in [5.41, 5.74) is 3.14. The predicted octanol–water partition coefficient (Wildman–Crippen LogP) is 1.84. The number of para-hydroxylation sites is 3. The van der Waals surface area contributed by atoms with Gasteiger partial charge in [0.15, 0.2) is 0 Å². The van der Waals surface area contributed by atoms with Gasteiger partial charge in [0.1, 0.15) is 0 Å². The van der Waals surface area contributed by atoms with Gasteiger partial charge in [-0.05, 0) is 33.8 Å². The number of nitrogens with zero attached hydrogens (tertiary/aromatic N) is 3. The lowest BCUT2D eigenvalue weighted by molar-refractivity contribution is 0.583. The van der Waals surface area contributed by atoms with Crippen molar-refractivity contribution < 1.29 is 4.80 Å². The zero-order chi connectivity index (χ0) is 21.2. The van der Waals surface area contributed by atoms with Gasteiger partial charge in [-0.15, -0.1) is 0 Å². The Balaban J connectivity index is 2.46. The Hall–Kier alpha value is -2.76. The van der Waals surface area contributed by atoms with Crippen LogP contribution < -0.4 is 30.3 Å². The molecule has 0 unspecified atom stereocenters. The molecule has 1 N–H and O–H groups in total. The number of anilines is 3. The van der Waals surface area contributed by atoms with E-state index in [1.54, 1.807) is 0 Å². The maximum Gasteiger partial charge on any atom is 0.291 e. The van der Waals surface area contributed by atoms with Gasteiger partial charge < -0.3 is 19.5 Å². The fourth-order valence-electron chi connectivity index (χ4n) is 3.94. The van der Waals surface area contributed by atoms with Gasteiger partial charge in [-0.3, -0.25) is 0 Å². The van der Waals surface area contributed by atoms with Crippen molar-refractivity contribution in [2.24, 2.45) is 0 Å². The fourth-order valence-corrected chi connectivity index (χ4v) is 7.86. The van der Waals surface area contributed by atoms with Crippen LogP contribution in [0.4, 0.5) is 17.1 Å². The lowest BCUT2D eigenvalue weighted by Gasteiger charge is -2.35. The molecule has 5 heteroatoms. The molecule has 0 fully saturated rings. The Bertz CT molecular complexity index is 860. The van der Waals surface area contributed by atoms with E-state index in [0.29, 0.717) is 0 Å². The standard InChI is InChI=1S/C24H31N3OSi/c1-25(2)19-13-7-10-16-22(19)29(28,23-17-11-8-14-20(23)26(3)4)24-18-12-9-15-21(24)27(5)6/h7-18,28H,1-6H3. The molecule has 0 aliphatic rings. The SMILES string of the molecule is CN(C)c1ccccc1[Si](O)(c1ccccc1N(C)C)c1ccccc1N(C)C. The summed E-state index contributed by atoms with van der Waals surface area (Å²) < 4.78 is 0. The number of rotatable bonds is 6. The first-order valence-corrected chi connectivity index (χ1v) is 11.8. The van der Waals surface area contributed by atoms with Crippen LogP contribution in [-0.4, -0.2) is 55.4 Å². The molecule has 0 aliphatic heterocycles. The van der Waals surface area contributed by atoms with Crippen molar-refractivity contribution in [3.05, 3.63) is 72.8 Å². The number of benzene rings is 3. The molecule has 0 atom stereocenters. The van der Waals surface area contributed by atoms with Gasteiger partial charge in [-0.2, -0.15) is 0 Å². The van der Waals surface area contributed by atoms with Crippen LogP contribution in [0.1, 0.15) is 0 Å². The van der Waals surface area contributed by atoms with Crippen LogP contribution in [0.5, 0.6) is 0 Å². The lowest BCUT2D eigenvalue weighted by Crippen LogP contribution is -2.69. The molecule has 0 saturated heterocycles. The van der Waals surface area contributed by atoms with Gasteiger partial charge in [0, 0.05) is 59.3 Å². The summed E-state index contributed by atoms with van der Waals surface area (Å²) in [5.74, 6) is 0. The smallest absolute Gasteiger partial charge is 0.291 e. The second kappa shape index (κ2) is 8.31. The largest absolute Gasteiger partial charge is 0.421 e. The van der Waals surface area contributed by atoms with Crippen molar-refractivity contribution >= 4 is 40.9 Å². The molecule has 0 saturated carbocycles. The van der Waals surface area contributed by atoms with E-state index in [0.717, 1.165) is 32.6 Å². The molecule has 0 radical (unpaired) electrons. The minimum atomic E-state index is -3.32. The molecule has 3 rings (SSSR count). The first kappa shape index (κ1) is 21.0. The summed E-state index contributed by atoms with van der Waals surface area (Å²) in [6, 6.07) is 24.7. The Morgan fingerprint density at radius 2 is 0.724 bits per heavy atom. The molecule has 0 aromatic heterocycles. The molecule has 0 amide bonds. The fraction of sp³-hybridized carbons (Fsp3) is 0.250. The second-order valence-corrected chi connectivity index (χ2v) is 11.0. The third-order valence-electron chi connectivity index (χ3n) is 5.33. The van der Waals surface area contributed by atoms with Crippen molar-refractivity contribution in [2.75, 3.05) is 57.0 Å². The zero-order valence-corrected chi connectivity index (χ0v) is 19.2. The maximum absolute atomic E-state index is 12.8. The first-order valence-electron chi connectivity index (χ1n) is 9.81. The van der Waals surface area contributed by atoms with Crippen molar-refractivity contribution in [1.82, 2.24) is 0 Å². The van der Waals surface area contributed by atoms with Crippen molar-refractivity contribution in [3.63, 3.8) is 0 Å². The predicted molar refractivity (Wildman–Crippen MR) is 129 cm³/mol. The van der Waals surface area contributed by atoms with Gasteiger partial charge in [0.05, 0.1) is 0 Å². The van der Waals surface area contributed by atoms with Crippen molar-refractivity contribution in [3.8, 4) is 0 Å². The van der Waals surface area contributed by atoms with Crippen LogP contribution in [0.25, 0.3) is 0 Å². The van der Waals surface area contributed by atoms with Gasteiger partial charge in [0.25, 0.3) is 8.32 Å². The summed E-state index contributed by atoms with van der Waals surface area (Å²) >= 11 is 0. The number of hydrogen-bond acceptors (Lipinski definition) is 4. The van der Waals surface area contributed by atoms with E-state index in [1.165, 1.54) is 0 Å². The highest BCUT2D eigenvalue weighted by molar-refractivity contribution is 7.08. The molecular weight excluding hydrogens is 374 g/mol. The Morgan fingerprint density at radius 1 is 0.483 bits per heavy atom. The van der Waals surface area contributed by atoms with E-state index >= 15 is 0 Å². The van der Waals surface area contributed by atoms with Crippen LogP contribution in [0, 0.1) is 0 Å². The van der Waals surface area contributed by atoms with E-state index in [2.05, 4.69) is 51.1 Å². The van der Waals surface area contributed by atoms with E-state index in [1.807, 2.05) is 78.7 Å². The van der Waals surface area contributed by atoms with E-state index < -0.39 is 8.32 Å². The highest BCUT2D eigenvalue weighted by Crippen LogP contribution is 2.21. The van der Waals surface area contributed by atoms with E-state index in [9.17, 15) is 4.80 Å². The molecule has 152 valence electrons. The van der Waals surface area contributed by atoms with Crippen LogP contribution >= 0.6 is 0 Å². The summed E-state index contributed by atoms with van der Waals surface area (Å²) in [6.07, 6.45) is 0. The molecule has 0 heterocycles. The quantitative estimate of drug-likeness (QED) is 0.501. The second-order valence-electron chi connectivity index (χ2n) is 7.95. The highest BCUT2D eigenvalue weighted by Gasteiger charge is 2.44. The topological polar surface area (TPSA) is 30.0 Å². The highest BCUT2D eigenvalue weighted by atomic mass is 28.4. The molecule has 29 heavy (non-hydrogen) atoms. The summed E-state index contributed by atoms with van der Waals surface area (Å²) in [4.78, 5) is 19.0. The summed E-state index contributed by atoms with van der Waals surface area (Å²) in [7, 11) is 8.86. The summed E-state index contributed by atoms with van der Waals surface area (Å²) in [5, 5.41) is 2.98. The third-order valence-corrected chi connectivity index (χ3v) is 8.93. The van der Waals surface area contributed by atoms with Crippen LogP contribution in [0.2, 0.25) is 0 Å². The number of hydrogen-bond donors (Lipinski definition) is 1. The van der Waals surface area contributed by atoms with E-state index in [-0.39, 0.29) is 0 Å². The van der Waals surface area contributed by atoms with Gasteiger partial charge in [-0.25, -0.2) is 0 Å². The Kier molecular flexibility index (Phi) is 6.01. The molecule has 0 bridgehead atoms. The molecule has 3 aromatic carbocycles. The average Bonchev–Trinajstić information content (AvgIpc) is 2.73. The average molecular weight is 406 g/mol. The van der Waals surface area contributed by atoms with Gasteiger partial charge in [-0.1, -0.05) is 54.6 Å². The molecule has 0 spiro atoms. The van der Waals surface area contributed by atoms with Crippen LogP contribution in [-0.2, 0) is 0 Å². The summed E-state index contributed by atoms with van der Waals surface area (Å²) in [6.45, 7) is 0. The zero-order valence-electron chi connectivity index (χ0n) is 18.2.